The average Bonchev–Trinajstić information content (AvgIpc) is 2.10. The first-order chi connectivity index (χ1) is 6.27. The zero-order valence-electron chi connectivity index (χ0n) is 8.92. The van der Waals surface area contributed by atoms with Gasteiger partial charge in [-0.25, -0.2) is 0 Å². The van der Waals surface area contributed by atoms with Crippen molar-refractivity contribution in [3.63, 3.8) is 0 Å². The van der Waals surface area contributed by atoms with Gasteiger partial charge in [-0.2, -0.15) is 0 Å². The quantitative estimate of drug-likeness (QED) is 0.695. The van der Waals surface area contributed by atoms with Gasteiger partial charge >= 0.3 is 0 Å². The zero-order valence-corrected chi connectivity index (χ0v) is 8.92. The maximum absolute atomic E-state index is 9.76. The van der Waals surface area contributed by atoms with Crippen LogP contribution in [0.5, 0.6) is 0 Å². The molecule has 1 aliphatic rings. The molecule has 0 aliphatic heterocycles. The van der Waals surface area contributed by atoms with Gasteiger partial charge in [-0.15, -0.1) is 0 Å². The third kappa shape index (κ3) is 3.06. The minimum Gasteiger partial charge on any atom is -0.512 e. The largest absolute Gasteiger partial charge is 0.512 e. The lowest BCUT2D eigenvalue weighted by molar-refractivity contribution is 0.264. The second-order valence-electron chi connectivity index (χ2n) is 4.20. The van der Waals surface area contributed by atoms with Crippen LogP contribution in [0.3, 0.4) is 0 Å². The van der Waals surface area contributed by atoms with Crippen molar-refractivity contribution in [2.45, 2.75) is 52.4 Å². The Bertz CT molecular complexity index is 172. The summed E-state index contributed by atoms with van der Waals surface area (Å²) in [4.78, 5) is 0. The van der Waals surface area contributed by atoms with E-state index in [2.05, 4.69) is 19.9 Å². The second kappa shape index (κ2) is 5.31. The number of aliphatic hydroxyl groups excluding tert-OH is 1. The van der Waals surface area contributed by atoms with E-state index in [1.807, 2.05) is 0 Å². The third-order valence-corrected chi connectivity index (χ3v) is 3.01. The van der Waals surface area contributed by atoms with Crippen LogP contribution < -0.4 is 0 Å². The van der Waals surface area contributed by atoms with Gasteiger partial charge in [0.1, 0.15) is 0 Å². The van der Waals surface area contributed by atoms with E-state index in [-0.39, 0.29) is 0 Å². The maximum Gasteiger partial charge on any atom is 0.0916 e. The molecule has 0 amide bonds. The van der Waals surface area contributed by atoms with E-state index >= 15 is 0 Å². The van der Waals surface area contributed by atoms with E-state index in [4.69, 9.17) is 0 Å². The molecule has 0 radical (unpaired) electrons. The molecule has 0 spiro atoms. The van der Waals surface area contributed by atoms with Crippen molar-refractivity contribution in [1.82, 2.24) is 0 Å². The summed E-state index contributed by atoms with van der Waals surface area (Å²) in [6.07, 6.45) is 9.38. The van der Waals surface area contributed by atoms with Crippen molar-refractivity contribution >= 4 is 0 Å². The molecule has 1 rings (SSSR count). The number of aliphatic hydroxyl groups is 1. The van der Waals surface area contributed by atoms with Crippen LogP contribution in [-0.2, 0) is 0 Å². The first kappa shape index (κ1) is 10.6. The Balaban J connectivity index is 2.46. The maximum atomic E-state index is 9.76. The molecule has 0 aromatic heterocycles. The Hall–Kier alpha value is -0.460. The van der Waals surface area contributed by atoms with Crippen molar-refractivity contribution in [1.29, 1.82) is 0 Å². The molecule has 1 N–H and O–H groups in total. The Morgan fingerprint density at radius 2 is 1.92 bits per heavy atom. The zero-order chi connectivity index (χ0) is 9.68. The number of allylic oxidation sites excluding steroid dienone is 2. The van der Waals surface area contributed by atoms with Gasteiger partial charge in [-0.1, -0.05) is 26.7 Å². The fourth-order valence-corrected chi connectivity index (χ4v) is 2.26. The average molecular weight is 182 g/mol. The molecular formula is C12H22O. The highest BCUT2D eigenvalue weighted by molar-refractivity contribution is 5.04. The van der Waals surface area contributed by atoms with Gasteiger partial charge in [-0.05, 0) is 37.7 Å². The Morgan fingerprint density at radius 3 is 2.46 bits per heavy atom. The molecule has 1 aliphatic carbocycles. The third-order valence-electron chi connectivity index (χ3n) is 3.01. The fourth-order valence-electron chi connectivity index (χ4n) is 2.26. The molecule has 0 aromatic rings. The van der Waals surface area contributed by atoms with E-state index in [1.165, 1.54) is 32.1 Å². The molecule has 13 heavy (non-hydrogen) atoms. The Kier molecular flexibility index (Phi) is 4.34. The molecule has 1 nitrogen and oxygen atoms in total. The highest BCUT2D eigenvalue weighted by Gasteiger charge is 2.21. The predicted molar refractivity (Wildman–Crippen MR) is 56.7 cm³/mol. The normalized spacial score (nSPS) is 28.6. The monoisotopic (exact) mass is 182 g/mol. The van der Waals surface area contributed by atoms with E-state index < -0.39 is 0 Å². The van der Waals surface area contributed by atoms with Crippen LogP contribution in [0.15, 0.2) is 11.8 Å². The van der Waals surface area contributed by atoms with Gasteiger partial charge in [-0.3, -0.25) is 0 Å². The number of hydrogen-bond donors (Lipinski definition) is 1. The van der Waals surface area contributed by atoms with Gasteiger partial charge in [0.2, 0.25) is 0 Å². The van der Waals surface area contributed by atoms with E-state index in [1.54, 1.807) is 0 Å². The van der Waals surface area contributed by atoms with Crippen molar-refractivity contribution in [3.8, 4) is 0 Å². The van der Waals surface area contributed by atoms with Gasteiger partial charge in [0.05, 0.1) is 5.76 Å². The summed E-state index contributed by atoms with van der Waals surface area (Å²) in [6.45, 7) is 4.40. The lowest BCUT2D eigenvalue weighted by atomic mass is 9.83. The summed E-state index contributed by atoms with van der Waals surface area (Å²) in [6, 6.07) is 0. The summed E-state index contributed by atoms with van der Waals surface area (Å²) in [7, 11) is 0. The molecule has 0 saturated carbocycles. The minimum absolute atomic E-state index is 0.470. The first-order valence-corrected chi connectivity index (χ1v) is 5.68. The summed E-state index contributed by atoms with van der Waals surface area (Å²) < 4.78 is 0. The molecule has 0 fully saturated rings. The highest BCUT2D eigenvalue weighted by Crippen LogP contribution is 2.31. The fraction of sp³-hybridized carbons (Fsp3) is 0.833. The molecule has 76 valence electrons. The summed E-state index contributed by atoms with van der Waals surface area (Å²) in [5.41, 5.74) is 0. The van der Waals surface area contributed by atoms with Crippen LogP contribution in [0.4, 0.5) is 0 Å². The van der Waals surface area contributed by atoms with Crippen LogP contribution in [0.2, 0.25) is 0 Å². The Labute approximate surface area is 81.9 Å². The van der Waals surface area contributed by atoms with Crippen molar-refractivity contribution in [3.05, 3.63) is 11.8 Å². The van der Waals surface area contributed by atoms with Crippen molar-refractivity contribution < 1.29 is 5.11 Å². The van der Waals surface area contributed by atoms with Crippen LogP contribution in [0.1, 0.15) is 52.4 Å². The number of hydrogen-bond acceptors (Lipinski definition) is 1. The molecule has 2 atom stereocenters. The first-order valence-electron chi connectivity index (χ1n) is 5.68. The topological polar surface area (TPSA) is 20.2 Å². The van der Waals surface area contributed by atoms with Gasteiger partial charge in [0.15, 0.2) is 0 Å². The molecule has 0 heterocycles. The van der Waals surface area contributed by atoms with E-state index in [0.29, 0.717) is 17.6 Å². The molecule has 0 saturated heterocycles. The van der Waals surface area contributed by atoms with Crippen LogP contribution >= 0.6 is 0 Å². The molecule has 1 heteroatoms. The SMILES string of the molecule is CCCC1C=C(O)C(CCC)CC1. The van der Waals surface area contributed by atoms with Crippen LogP contribution in [0.25, 0.3) is 0 Å². The standard InChI is InChI=1S/C12H22O/c1-3-5-10-7-8-11(6-4-2)12(13)9-10/h9-11,13H,3-8H2,1-2H3. The van der Waals surface area contributed by atoms with Gasteiger partial charge in [0.25, 0.3) is 0 Å². The highest BCUT2D eigenvalue weighted by atomic mass is 16.3. The summed E-state index contributed by atoms with van der Waals surface area (Å²) in [5.74, 6) is 1.79. The van der Waals surface area contributed by atoms with Crippen LogP contribution in [0, 0.1) is 11.8 Å². The Morgan fingerprint density at radius 1 is 1.23 bits per heavy atom. The summed E-state index contributed by atoms with van der Waals surface area (Å²) in [5, 5.41) is 9.76. The molecular weight excluding hydrogens is 160 g/mol. The van der Waals surface area contributed by atoms with Gasteiger partial charge in [0, 0.05) is 5.92 Å². The summed E-state index contributed by atoms with van der Waals surface area (Å²) >= 11 is 0. The predicted octanol–water partition coefficient (Wildman–Crippen LogP) is 4.05. The smallest absolute Gasteiger partial charge is 0.0916 e. The van der Waals surface area contributed by atoms with Gasteiger partial charge < -0.3 is 5.11 Å². The molecule has 2 unspecified atom stereocenters. The molecule has 0 bridgehead atoms. The number of rotatable bonds is 4. The van der Waals surface area contributed by atoms with E-state index in [9.17, 15) is 5.11 Å². The minimum atomic E-state index is 0.470. The lowest BCUT2D eigenvalue weighted by Crippen LogP contribution is -2.14. The van der Waals surface area contributed by atoms with Crippen molar-refractivity contribution in [2.24, 2.45) is 11.8 Å². The van der Waals surface area contributed by atoms with Crippen molar-refractivity contribution in [2.75, 3.05) is 0 Å². The second-order valence-corrected chi connectivity index (χ2v) is 4.20. The van der Waals surface area contributed by atoms with E-state index in [0.717, 1.165) is 6.42 Å². The molecule has 0 aromatic carbocycles. The van der Waals surface area contributed by atoms with Crippen LogP contribution in [-0.4, -0.2) is 5.11 Å². The lowest BCUT2D eigenvalue weighted by Gasteiger charge is -2.25.